The molecule has 0 unspecified atom stereocenters. The number of carbonyl (C=O) groups excluding carboxylic acids is 2. The van der Waals surface area contributed by atoms with Gasteiger partial charge in [-0.15, -0.1) is 11.3 Å². The SMILES string of the molecule is CCC[C@@H](C)NC(=O)COC(=O)c1sc(-c2ccc(F)cc2)nc1C. The zero-order chi connectivity index (χ0) is 18.4. The maximum absolute atomic E-state index is 13.0. The second-order valence-electron chi connectivity index (χ2n) is 5.77. The van der Waals surface area contributed by atoms with E-state index in [1.54, 1.807) is 19.1 Å². The third-order valence-corrected chi connectivity index (χ3v) is 4.72. The van der Waals surface area contributed by atoms with Gasteiger partial charge in [0.05, 0.1) is 5.69 Å². The number of aromatic nitrogens is 1. The lowest BCUT2D eigenvalue weighted by molar-refractivity contribution is -0.124. The van der Waals surface area contributed by atoms with Crippen LogP contribution in [0.25, 0.3) is 10.6 Å². The molecular weight excluding hydrogens is 343 g/mol. The van der Waals surface area contributed by atoms with Crippen molar-refractivity contribution in [2.45, 2.75) is 39.7 Å². The molecule has 0 aliphatic carbocycles. The predicted molar refractivity (Wildman–Crippen MR) is 95.0 cm³/mol. The lowest BCUT2D eigenvalue weighted by Crippen LogP contribution is -2.35. The van der Waals surface area contributed by atoms with Crippen molar-refractivity contribution < 1.29 is 18.7 Å². The zero-order valence-electron chi connectivity index (χ0n) is 14.5. The molecule has 25 heavy (non-hydrogen) atoms. The Morgan fingerprint density at radius 3 is 2.64 bits per heavy atom. The summed E-state index contributed by atoms with van der Waals surface area (Å²) in [5, 5.41) is 3.38. The summed E-state index contributed by atoms with van der Waals surface area (Å²) in [5.41, 5.74) is 1.24. The Hall–Kier alpha value is -2.28. The van der Waals surface area contributed by atoms with Gasteiger partial charge in [0.15, 0.2) is 6.61 Å². The summed E-state index contributed by atoms with van der Waals surface area (Å²) in [6, 6.07) is 5.93. The number of aryl methyl sites for hydroxylation is 1. The van der Waals surface area contributed by atoms with E-state index in [0.717, 1.165) is 29.7 Å². The van der Waals surface area contributed by atoms with Crippen LogP contribution in [-0.2, 0) is 9.53 Å². The monoisotopic (exact) mass is 364 g/mol. The average molecular weight is 364 g/mol. The number of benzene rings is 1. The Labute approximate surface area is 150 Å². The second-order valence-corrected chi connectivity index (χ2v) is 6.77. The number of amides is 1. The van der Waals surface area contributed by atoms with Gasteiger partial charge < -0.3 is 10.1 Å². The quantitative estimate of drug-likeness (QED) is 0.760. The molecule has 1 N–H and O–H groups in total. The number of esters is 1. The Morgan fingerprint density at radius 2 is 2.00 bits per heavy atom. The van der Waals surface area contributed by atoms with E-state index in [0.29, 0.717) is 15.6 Å². The van der Waals surface area contributed by atoms with Gasteiger partial charge in [0, 0.05) is 11.6 Å². The van der Waals surface area contributed by atoms with Gasteiger partial charge >= 0.3 is 5.97 Å². The molecule has 1 aromatic carbocycles. The van der Waals surface area contributed by atoms with Crippen molar-refractivity contribution in [2.24, 2.45) is 0 Å². The van der Waals surface area contributed by atoms with Crippen molar-refractivity contribution in [3.8, 4) is 10.6 Å². The van der Waals surface area contributed by atoms with Crippen LogP contribution in [0.4, 0.5) is 4.39 Å². The molecule has 0 fully saturated rings. The number of thiazole rings is 1. The van der Waals surface area contributed by atoms with Crippen LogP contribution < -0.4 is 5.32 Å². The molecule has 1 heterocycles. The molecule has 0 spiro atoms. The van der Waals surface area contributed by atoms with E-state index in [1.807, 2.05) is 13.8 Å². The summed E-state index contributed by atoms with van der Waals surface area (Å²) in [6.45, 7) is 5.32. The maximum Gasteiger partial charge on any atom is 0.350 e. The molecule has 0 saturated heterocycles. The van der Waals surface area contributed by atoms with E-state index in [9.17, 15) is 14.0 Å². The number of rotatable bonds is 7. The number of ether oxygens (including phenoxy) is 1. The standard InChI is InChI=1S/C18H21FN2O3S/c1-4-5-11(2)20-15(22)10-24-18(23)16-12(3)21-17(25-16)13-6-8-14(19)9-7-13/h6-9,11H,4-5,10H2,1-3H3,(H,20,22)/t11-/m1/s1. The fourth-order valence-corrected chi connectivity index (χ4v) is 3.29. The second kappa shape index (κ2) is 8.71. The largest absolute Gasteiger partial charge is 0.451 e. The van der Waals surface area contributed by atoms with Crippen LogP contribution in [0, 0.1) is 12.7 Å². The minimum atomic E-state index is -0.582. The summed E-state index contributed by atoms with van der Waals surface area (Å²) in [5.74, 6) is -1.24. The smallest absolute Gasteiger partial charge is 0.350 e. The van der Waals surface area contributed by atoms with E-state index < -0.39 is 5.97 Å². The van der Waals surface area contributed by atoms with Gasteiger partial charge in [0.1, 0.15) is 15.7 Å². The fraction of sp³-hybridized carbons (Fsp3) is 0.389. The molecule has 0 saturated carbocycles. The molecule has 2 aromatic rings. The van der Waals surface area contributed by atoms with Gasteiger partial charge in [-0.25, -0.2) is 14.2 Å². The van der Waals surface area contributed by atoms with Crippen LogP contribution in [0.3, 0.4) is 0 Å². The molecule has 1 atom stereocenters. The number of nitrogens with one attached hydrogen (secondary N) is 1. The molecule has 0 aliphatic rings. The molecule has 1 amide bonds. The van der Waals surface area contributed by atoms with Crippen molar-refractivity contribution in [3.63, 3.8) is 0 Å². The van der Waals surface area contributed by atoms with Gasteiger partial charge in [0.25, 0.3) is 5.91 Å². The molecular formula is C18H21FN2O3S. The first kappa shape index (κ1) is 19.1. The number of halogens is 1. The van der Waals surface area contributed by atoms with Crippen LogP contribution in [0.5, 0.6) is 0 Å². The lowest BCUT2D eigenvalue weighted by atomic mass is 10.2. The fourth-order valence-electron chi connectivity index (χ4n) is 2.32. The topological polar surface area (TPSA) is 68.3 Å². The van der Waals surface area contributed by atoms with E-state index in [1.165, 1.54) is 12.1 Å². The molecule has 0 bridgehead atoms. The van der Waals surface area contributed by atoms with Gasteiger partial charge in [-0.1, -0.05) is 13.3 Å². The van der Waals surface area contributed by atoms with Gasteiger partial charge in [-0.3, -0.25) is 4.79 Å². The van der Waals surface area contributed by atoms with Gasteiger partial charge in [-0.2, -0.15) is 0 Å². The Balaban J connectivity index is 1.98. The van der Waals surface area contributed by atoms with Crippen LogP contribution in [0.1, 0.15) is 42.1 Å². The number of hydrogen-bond acceptors (Lipinski definition) is 5. The first-order valence-electron chi connectivity index (χ1n) is 8.10. The first-order valence-corrected chi connectivity index (χ1v) is 8.92. The lowest BCUT2D eigenvalue weighted by Gasteiger charge is -2.12. The van der Waals surface area contributed by atoms with Crippen molar-refractivity contribution in [2.75, 3.05) is 6.61 Å². The Morgan fingerprint density at radius 1 is 1.32 bits per heavy atom. The third-order valence-electron chi connectivity index (χ3n) is 3.54. The Kier molecular flexibility index (Phi) is 6.64. The number of hydrogen-bond donors (Lipinski definition) is 1. The van der Waals surface area contributed by atoms with Crippen molar-refractivity contribution in [1.82, 2.24) is 10.3 Å². The third kappa shape index (κ3) is 5.35. The zero-order valence-corrected chi connectivity index (χ0v) is 15.3. The molecule has 2 rings (SSSR count). The van der Waals surface area contributed by atoms with Gasteiger partial charge in [0.2, 0.25) is 0 Å². The highest BCUT2D eigenvalue weighted by molar-refractivity contribution is 7.17. The van der Waals surface area contributed by atoms with Crippen molar-refractivity contribution >= 4 is 23.2 Å². The Bertz CT molecular complexity index is 743. The van der Waals surface area contributed by atoms with Crippen LogP contribution in [0.15, 0.2) is 24.3 Å². The summed E-state index contributed by atoms with van der Waals surface area (Å²) in [7, 11) is 0. The number of carbonyl (C=O) groups is 2. The van der Waals surface area contributed by atoms with E-state index in [-0.39, 0.29) is 24.4 Å². The van der Waals surface area contributed by atoms with E-state index >= 15 is 0 Å². The highest BCUT2D eigenvalue weighted by Gasteiger charge is 2.19. The molecule has 1 aromatic heterocycles. The normalized spacial score (nSPS) is 11.8. The number of nitrogens with zero attached hydrogens (tertiary/aromatic N) is 1. The van der Waals surface area contributed by atoms with Crippen LogP contribution >= 0.6 is 11.3 Å². The first-order chi connectivity index (χ1) is 11.9. The highest BCUT2D eigenvalue weighted by Crippen LogP contribution is 2.28. The average Bonchev–Trinajstić information content (AvgIpc) is 2.95. The highest BCUT2D eigenvalue weighted by atomic mass is 32.1. The molecule has 0 aliphatic heterocycles. The molecule has 0 radical (unpaired) electrons. The molecule has 134 valence electrons. The predicted octanol–water partition coefficient (Wildman–Crippen LogP) is 3.72. The minimum absolute atomic E-state index is 0.0476. The summed E-state index contributed by atoms with van der Waals surface area (Å²) < 4.78 is 18.1. The minimum Gasteiger partial charge on any atom is -0.451 e. The van der Waals surface area contributed by atoms with E-state index in [2.05, 4.69) is 10.3 Å². The molecule has 5 nitrogen and oxygen atoms in total. The summed E-state index contributed by atoms with van der Waals surface area (Å²) in [4.78, 5) is 28.6. The molecule has 7 heteroatoms. The van der Waals surface area contributed by atoms with Crippen LogP contribution in [0.2, 0.25) is 0 Å². The van der Waals surface area contributed by atoms with Gasteiger partial charge in [-0.05, 0) is 44.5 Å². The maximum atomic E-state index is 13.0. The van der Waals surface area contributed by atoms with E-state index in [4.69, 9.17) is 4.74 Å². The van der Waals surface area contributed by atoms with Crippen molar-refractivity contribution in [3.05, 3.63) is 40.7 Å². The van der Waals surface area contributed by atoms with Crippen LogP contribution in [-0.4, -0.2) is 29.5 Å². The summed E-state index contributed by atoms with van der Waals surface area (Å²) in [6.07, 6.45) is 1.84. The summed E-state index contributed by atoms with van der Waals surface area (Å²) >= 11 is 1.16. The van der Waals surface area contributed by atoms with Crippen molar-refractivity contribution in [1.29, 1.82) is 0 Å².